The summed E-state index contributed by atoms with van der Waals surface area (Å²) in [4.78, 5) is 17.3. The summed E-state index contributed by atoms with van der Waals surface area (Å²) in [7, 11) is 0. The molecule has 1 aromatic heterocycles. The van der Waals surface area contributed by atoms with Crippen LogP contribution in [0.3, 0.4) is 0 Å². The lowest BCUT2D eigenvalue weighted by molar-refractivity contribution is 0.0977. The van der Waals surface area contributed by atoms with E-state index in [9.17, 15) is 4.79 Å². The van der Waals surface area contributed by atoms with Crippen LogP contribution in [0.15, 0.2) is 59.0 Å². The normalized spacial score (nSPS) is 13.0. The largest absolute Gasteiger partial charge is 0.454 e. The first-order chi connectivity index (χ1) is 16.9. The number of benzene rings is 3. The van der Waals surface area contributed by atoms with Crippen LogP contribution in [0.2, 0.25) is 5.02 Å². The number of nitrogens with one attached hydrogen (secondary N) is 2. The average molecular weight is 508 g/mol. The Hall–Kier alpha value is -3.62. The summed E-state index contributed by atoms with van der Waals surface area (Å²) < 4.78 is 16.6. The van der Waals surface area contributed by atoms with E-state index in [-0.39, 0.29) is 17.8 Å². The fourth-order valence-corrected chi connectivity index (χ4v) is 4.10. The molecule has 1 atom stereocenters. The first-order valence-corrected chi connectivity index (χ1v) is 11.9. The van der Waals surface area contributed by atoms with Crippen LogP contribution >= 0.6 is 23.8 Å². The second-order valence-corrected chi connectivity index (χ2v) is 9.04. The lowest BCUT2D eigenvalue weighted by Crippen LogP contribution is -2.34. The molecule has 0 radical (unpaired) electrons. The Kier molecular flexibility index (Phi) is 6.32. The van der Waals surface area contributed by atoms with Gasteiger partial charge in [-0.3, -0.25) is 10.1 Å². The highest BCUT2D eigenvalue weighted by Gasteiger charge is 2.18. The molecule has 0 bridgehead atoms. The highest BCUT2D eigenvalue weighted by atomic mass is 35.5. The molecule has 178 valence electrons. The van der Waals surface area contributed by atoms with Crippen LogP contribution in [-0.4, -0.2) is 22.8 Å². The van der Waals surface area contributed by atoms with Crippen LogP contribution in [0.4, 0.5) is 5.69 Å². The van der Waals surface area contributed by atoms with E-state index < -0.39 is 0 Å². The van der Waals surface area contributed by atoms with Crippen molar-refractivity contribution in [2.24, 2.45) is 0 Å². The standard InChI is InChI=1S/C26H22ClN3O4S/c1-3-14(2)15-5-8-21-20(10-15)28-25(34-21)17-4-7-18(27)19(11-17)29-26(35)30-24(31)16-6-9-22-23(12-16)33-13-32-22/h4-12,14H,3,13H2,1-2H3,(H2,29,30,31,35). The molecule has 0 saturated heterocycles. The number of carbonyl (C=O) groups is 1. The van der Waals surface area contributed by atoms with Crippen LogP contribution in [0.1, 0.15) is 42.1 Å². The molecule has 2 heterocycles. The van der Waals surface area contributed by atoms with E-state index in [1.165, 1.54) is 5.56 Å². The van der Waals surface area contributed by atoms with Gasteiger partial charge >= 0.3 is 0 Å². The third-order valence-corrected chi connectivity index (χ3v) is 6.45. The molecule has 3 aromatic carbocycles. The monoisotopic (exact) mass is 507 g/mol. The predicted molar refractivity (Wildman–Crippen MR) is 139 cm³/mol. The van der Waals surface area contributed by atoms with Crippen molar-refractivity contribution in [2.75, 3.05) is 12.1 Å². The fraction of sp³-hybridized carbons (Fsp3) is 0.192. The quantitative estimate of drug-likeness (QED) is 0.297. The highest BCUT2D eigenvalue weighted by Crippen LogP contribution is 2.33. The number of oxazole rings is 1. The summed E-state index contributed by atoms with van der Waals surface area (Å²) in [6.07, 6.45) is 1.05. The Morgan fingerprint density at radius 3 is 2.77 bits per heavy atom. The Balaban J connectivity index is 1.33. The van der Waals surface area contributed by atoms with Gasteiger partial charge in [-0.05, 0) is 78.7 Å². The molecular weight excluding hydrogens is 486 g/mol. The van der Waals surface area contributed by atoms with Gasteiger partial charge < -0.3 is 19.2 Å². The van der Waals surface area contributed by atoms with Crippen molar-refractivity contribution < 1.29 is 18.7 Å². The zero-order valence-corrected chi connectivity index (χ0v) is 20.6. The molecule has 35 heavy (non-hydrogen) atoms. The molecule has 1 aliphatic heterocycles. The number of halogens is 1. The van der Waals surface area contributed by atoms with Crippen molar-refractivity contribution in [1.82, 2.24) is 10.3 Å². The molecule has 4 aromatic rings. The number of rotatable bonds is 5. The van der Waals surface area contributed by atoms with E-state index in [0.717, 1.165) is 17.5 Å². The molecular formula is C26H22ClN3O4S. The number of hydrogen-bond donors (Lipinski definition) is 2. The van der Waals surface area contributed by atoms with Gasteiger partial charge in [0.25, 0.3) is 5.91 Å². The number of ether oxygens (including phenoxy) is 2. The molecule has 0 aliphatic carbocycles. The minimum Gasteiger partial charge on any atom is -0.454 e. The molecule has 0 fully saturated rings. The van der Waals surface area contributed by atoms with E-state index in [1.54, 1.807) is 30.3 Å². The van der Waals surface area contributed by atoms with Crippen molar-refractivity contribution in [3.8, 4) is 23.0 Å². The molecule has 7 nitrogen and oxygen atoms in total. The van der Waals surface area contributed by atoms with Gasteiger partial charge in [0.05, 0.1) is 10.7 Å². The van der Waals surface area contributed by atoms with Gasteiger partial charge in [0.1, 0.15) is 5.52 Å². The molecule has 1 amide bonds. The number of thiocarbonyl (C=S) groups is 1. The summed E-state index contributed by atoms with van der Waals surface area (Å²) in [6.45, 7) is 4.48. The van der Waals surface area contributed by atoms with Crippen LogP contribution < -0.4 is 20.1 Å². The second kappa shape index (κ2) is 9.56. The van der Waals surface area contributed by atoms with Gasteiger partial charge in [-0.25, -0.2) is 4.98 Å². The Morgan fingerprint density at radius 2 is 1.94 bits per heavy atom. The summed E-state index contributed by atoms with van der Waals surface area (Å²) in [6, 6.07) is 16.3. The first-order valence-electron chi connectivity index (χ1n) is 11.1. The topological polar surface area (TPSA) is 85.6 Å². The van der Waals surface area contributed by atoms with Crippen molar-refractivity contribution >= 4 is 51.6 Å². The van der Waals surface area contributed by atoms with Gasteiger partial charge in [-0.15, -0.1) is 0 Å². The SMILES string of the molecule is CCC(C)c1ccc2oc(-c3ccc(Cl)c(NC(=S)NC(=O)c4ccc5c(c4)OCO5)c3)nc2c1. The summed E-state index contributed by atoms with van der Waals surface area (Å²) >= 11 is 11.7. The van der Waals surface area contributed by atoms with Gasteiger partial charge in [0.15, 0.2) is 22.2 Å². The molecule has 0 spiro atoms. The van der Waals surface area contributed by atoms with Crippen LogP contribution in [0.25, 0.3) is 22.6 Å². The Morgan fingerprint density at radius 1 is 1.11 bits per heavy atom. The van der Waals surface area contributed by atoms with Gasteiger partial charge in [0, 0.05) is 11.1 Å². The molecule has 1 aliphatic rings. The van der Waals surface area contributed by atoms with E-state index in [2.05, 4.69) is 41.6 Å². The minimum absolute atomic E-state index is 0.0995. The summed E-state index contributed by atoms with van der Waals surface area (Å²) in [5.74, 6) is 1.64. The second-order valence-electron chi connectivity index (χ2n) is 8.23. The number of anilines is 1. The number of aromatic nitrogens is 1. The lowest BCUT2D eigenvalue weighted by atomic mass is 9.98. The number of hydrogen-bond acceptors (Lipinski definition) is 6. The van der Waals surface area contributed by atoms with Crippen molar-refractivity contribution in [3.63, 3.8) is 0 Å². The number of amides is 1. The van der Waals surface area contributed by atoms with E-state index in [4.69, 9.17) is 37.7 Å². The van der Waals surface area contributed by atoms with Crippen molar-refractivity contribution in [2.45, 2.75) is 26.2 Å². The number of carbonyl (C=O) groups excluding carboxylic acids is 1. The zero-order chi connectivity index (χ0) is 24.5. The maximum atomic E-state index is 12.6. The van der Waals surface area contributed by atoms with E-state index >= 15 is 0 Å². The molecule has 5 rings (SSSR count). The third kappa shape index (κ3) is 4.80. The van der Waals surface area contributed by atoms with Crippen LogP contribution in [0, 0.1) is 0 Å². The number of nitrogens with zero attached hydrogens (tertiary/aromatic N) is 1. The molecule has 9 heteroatoms. The maximum Gasteiger partial charge on any atom is 0.257 e. The Labute approximate surface area is 212 Å². The average Bonchev–Trinajstić information content (AvgIpc) is 3.50. The number of fused-ring (bicyclic) bond motifs is 2. The first kappa shape index (κ1) is 23.1. The Bertz CT molecular complexity index is 1450. The van der Waals surface area contributed by atoms with Gasteiger partial charge in [-0.1, -0.05) is 31.5 Å². The molecule has 1 unspecified atom stereocenters. The molecule has 0 saturated carbocycles. The fourth-order valence-electron chi connectivity index (χ4n) is 3.73. The van der Waals surface area contributed by atoms with Gasteiger partial charge in [-0.2, -0.15) is 0 Å². The zero-order valence-electron chi connectivity index (χ0n) is 19.1. The molecule has 2 N–H and O–H groups in total. The van der Waals surface area contributed by atoms with E-state index in [1.807, 2.05) is 12.1 Å². The van der Waals surface area contributed by atoms with Crippen molar-refractivity contribution in [1.29, 1.82) is 0 Å². The van der Waals surface area contributed by atoms with Crippen molar-refractivity contribution in [3.05, 3.63) is 70.7 Å². The van der Waals surface area contributed by atoms with Crippen LogP contribution in [-0.2, 0) is 0 Å². The van der Waals surface area contributed by atoms with E-state index in [0.29, 0.717) is 45.2 Å². The highest BCUT2D eigenvalue weighted by molar-refractivity contribution is 7.80. The minimum atomic E-state index is -0.385. The summed E-state index contributed by atoms with van der Waals surface area (Å²) in [5.41, 5.74) is 4.37. The predicted octanol–water partition coefficient (Wildman–Crippen LogP) is 6.52. The van der Waals surface area contributed by atoms with Crippen LogP contribution in [0.5, 0.6) is 11.5 Å². The maximum absolute atomic E-state index is 12.6. The summed E-state index contributed by atoms with van der Waals surface area (Å²) in [5, 5.41) is 6.17. The lowest BCUT2D eigenvalue weighted by Gasteiger charge is -2.12. The smallest absolute Gasteiger partial charge is 0.257 e. The third-order valence-electron chi connectivity index (χ3n) is 5.92. The van der Waals surface area contributed by atoms with Gasteiger partial charge in [0.2, 0.25) is 12.7 Å².